The molecule has 1 fully saturated rings. The fraction of sp³-hybridized carbons (Fsp3) is 0.500. The summed E-state index contributed by atoms with van der Waals surface area (Å²) in [6.07, 6.45) is 5.39. The van der Waals surface area contributed by atoms with Gasteiger partial charge in [0.15, 0.2) is 0 Å². The molecule has 1 saturated carbocycles. The summed E-state index contributed by atoms with van der Waals surface area (Å²) in [4.78, 5) is 12.1. The third kappa shape index (κ3) is 2.81. The van der Waals surface area contributed by atoms with Crippen LogP contribution < -0.4 is 11.1 Å². The molecule has 0 bridgehead atoms. The number of nitrogens with one attached hydrogen (secondary N) is 1. The first-order valence-electron chi connectivity index (χ1n) is 6.38. The molecule has 1 aliphatic carbocycles. The van der Waals surface area contributed by atoms with E-state index in [4.69, 9.17) is 5.73 Å². The van der Waals surface area contributed by atoms with Crippen molar-refractivity contribution in [3.8, 4) is 0 Å². The van der Waals surface area contributed by atoms with Crippen molar-refractivity contribution in [2.75, 3.05) is 5.73 Å². The minimum atomic E-state index is -0.442. The Kier molecular flexibility index (Phi) is 3.55. The van der Waals surface area contributed by atoms with Gasteiger partial charge in [0.1, 0.15) is 5.82 Å². The summed E-state index contributed by atoms with van der Waals surface area (Å²) in [5, 5.41) is 2.99. The lowest BCUT2D eigenvalue weighted by Gasteiger charge is -2.34. The van der Waals surface area contributed by atoms with E-state index < -0.39 is 5.82 Å². The Morgan fingerprint density at radius 3 is 2.67 bits per heavy atom. The molecule has 3 nitrogen and oxygen atoms in total. The van der Waals surface area contributed by atoms with Crippen LogP contribution in [0.1, 0.15) is 49.4 Å². The monoisotopic (exact) mass is 250 g/mol. The second-order valence-corrected chi connectivity index (χ2v) is 5.31. The van der Waals surface area contributed by atoms with Crippen molar-refractivity contribution >= 4 is 11.6 Å². The summed E-state index contributed by atoms with van der Waals surface area (Å²) < 4.78 is 13.1. The van der Waals surface area contributed by atoms with Gasteiger partial charge >= 0.3 is 0 Å². The lowest BCUT2D eigenvalue weighted by molar-refractivity contribution is 0.0883. The number of benzene rings is 1. The number of hydrogen-bond donors (Lipinski definition) is 2. The number of hydrogen-bond acceptors (Lipinski definition) is 2. The highest BCUT2D eigenvalue weighted by Gasteiger charge is 2.29. The number of nitrogens with two attached hydrogens (primary N) is 1. The van der Waals surface area contributed by atoms with Gasteiger partial charge in [-0.25, -0.2) is 4.39 Å². The zero-order valence-corrected chi connectivity index (χ0v) is 10.6. The minimum Gasteiger partial charge on any atom is -0.398 e. The van der Waals surface area contributed by atoms with Gasteiger partial charge in [-0.05, 0) is 38.0 Å². The Balaban J connectivity index is 2.14. The van der Waals surface area contributed by atoms with E-state index in [1.54, 1.807) is 0 Å². The fourth-order valence-electron chi connectivity index (χ4n) is 2.52. The number of anilines is 1. The van der Waals surface area contributed by atoms with Crippen LogP contribution in [0.25, 0.3) is 0 Å². The van der Waals surface area contributed by atoms with Gasteiger partial charge in [-0.3, -0.25) is 4.79 Å². The van der Waals surface area contributed by atoms with Gasteiger partial charge in [0.2, 0.25) is 0 Å². The number of halogens is 1. The first-order chi connectivity index (χ1) is 8.50. The fourth-order valence-corrected chi connectivity index (χ4v) is 2.52. The molecule has 98 valence electrons. The second kappa shape index (κ2) is 4.96. The summed E-state index contributed by atoms with van der Waals surface area (Å²) in [6, 6.07) is 3.87. The van der Waals surface area contributed by atoms with Crippen LogP contribution in [0, 0.1) is 5.82 Å². The molecule has 0 saturated heterocycles. The third-order valence-corrected chi connectivity index (χ3v) is 3.63. The molecular formula is C14H19FN2O. The maximum atomic E-state index is 13.1. The van der Waals surface area contributed by atoms with Crippen LogP contribution in [0.3, 0.4) is 0 Å². The van der Waals surface area contributed by atoms with E-state index in [2.05, 4.69) is 5.32 Å². The molecule has 0 aliphatic heterocycles. The average Bonchev–Trinajstić information content (AvgIpc) is 2.32. The van der Waals surface area contributed by atoms with Crippen LogP contribution in [0.5, 0.6) is 0 Å². The first kappa shape index (κ1) is 12.9. The molecule has 2 rings (SSSR count). The van der Waals surface area contributed by atoms with Gasteiger partial charge in [-0.15, -0.1) is 0 Å². The maximum absolute atomic E-state index is 13.1. The van der Waals surface area contributed by atoms with E-state index in [-0.39, 0.29) is 17.0 Å². The van der Waals surface area contributed by atoms with Crippen molar-refractivity contribution < 1.29 is 9.18 Å². The van der Waals surface area contributed by atoms with Gasteiger partial charge in [0, 0.05) is 11.2 Å². The second-order valence-electron chi connectivity index (χ2n) is 5.31. The summed E-state index contributed by atoms with van der Waals surface area (Å²) >= 11 is 0. The molecule has 4 heteroatoms. The standard InChI is InChI=1S/C14H19FN2O/c1-14(7-3-2-4-8-14)17-13(18)11-9-10(15)5-6-12(11)16/h5-6,9H,2-4,7-8,16H2,1H3,(H,17,18). The first-order valence-corrected chi connectivity index (χ1v) is 6.38. The van der Waals surface area contributed by atoms with Crippen LogP contribution in [-0.2, 0) is 0 Å². The molecule has 1 aliphatic rings. The molecule has 0 unspecified atom stereocenters. The summed E-state index contributed by atoms with van der Waals surface area (Å²) in [5.41, 5.74) is 6.06. The maximum Gasteiger partial charge on any atom is 0.253 e. The van der Waals surface area contributed by atoms with Gasteiger partial charge in [0.25, 0.3) is 5.91 Å². The van der Waals surface area contributed by atoms with Crippen molar-refractivity contribution in [1.82, 2.24) is 5.32 Å². The number of amides is 1. The number of nitrogen functional groups attached to an aromatic ring is 1. The highest BCUT2D eigenvalue weighted by molar-refractivity contribution is 5.99. The molecule has 1 aromatic rings. The van der Waals surface area contributed by atoms with E-state index in [9.17, 15) is 9.18 Å². The largest absolute Gasteiger partial charge is 0.398 e. The van der Waals surface area contributed by atoms with Crippen LogP contribution in [-0.4, -0.2) is 11.4 Å². The number of carbonyl (C=O) groups is 1. The van der Waals surface area contributed by atoms with E-state index >= 15 is 0 Å². The van der Waals surface area contributed by atoms with Gasteiger partial charge in [0.05, 0.1) is 5.56 Å². The third-order valence-electron chi connectivity index (χ3n) is 3.63. The lowest BCUT2D eigenvalue weighted by Crippen LogP contribution is -2.47. The molecule has 1 aromatic carbocycles. The average molecular weight is 250 g/mol. The molecule has 3 N–H and O–H groups in total. The predicted octanol–water partition coefficient (Wildman–Crippen LogP) is 2.86. The molecule has 1 amide bonds. The highest BCUT2D eigenvalue weighted by Crippen LogP contribution is 2.28. The summed E-state index contributed by atoms with van der Waals surface area (Å²) in [6.45, 7) is 2.04. The van der Waals surface area contributed by atoms with E-state index in [1.807, 2.05) is 6.92 Å². The molecular weight excluding hydrogens is 231 g/mol. The van der Waals surface area contributed by atoms with Crippen molar-refractivity contribution in [3.63, 3.8) is 0 Å². The molecule has 0 radical (unpaired) electrons. The van der Waals surface area contributed by atoms with Crippen molar-refractivity contribution in [2.45, 2.75) is 44.6 Å². The van der Waals surface area contributed by atoms with Gasteiger partial charge < -0.3 is 11.1 Å². The molecule has 18 heavy (non-hydrogen) atoms. The van der Waals surface area contributed by atoms with Crippen molar-refractivity contribution in [2.24, 2.45) is 0 Å². The molecule has 0 heterocycles. The van der Waals surface area contributed by atoms with E-state index in [0.29, 0.717) is 5.69 Å². The smallest absolute Gasteiger partial charge is 0.253 e. The van der Waals surface area contributed by atoms with E-state index in [1.165, 1.54) is 24.6 Å². The minimum absolute atomic E-state index is 0.186. The quantitative estimate of drug-likeness (QED) is 0.793. The van der Waals surface area contributed by atoms with Gasteiger partial charge in [-0.2, -0.15) is 0 Å². The Morgan fingerprint density at radius 1 is 1.33 bits per heavy atom. The number of rotatable bonds is 2. The predicted molar refractivity (Wildman–Crippen MR) is 69.8 cm³/mol. The van der Waals surface area contributed by atoms with E-state index in [0.717, 1.165) is 25.7 Å². The zero-order valence-electron chi connectivity index (χ0n) is 10.6. The van der Waals surface area contributed by atoms with Crippen molar-refractivity contribution in [3.05, 3.63) is 29.6 Å². The Hall–Kier alpha value is -1.58. The van der Waals surface area contributed by atoms with Gasteiger partial charge in [-0.1, -0.05) is 19.3 Å². The Bertz CT molecular complexity index is 453. The van der Waals surface area contributed by atoms with Crippen LogP contribution in [0.15, 0.2) is 18.2 Å². The Morgan fingerprint density at radius 2 is 2.00 bits per heavy atom. The molecule has 0 spiro atoms. The normalized spacial score (nSPS) is 18.3. The zero-order chi connectivity index (χ0) is 13.2. The lowest BCUT2D eigenvalue weighted by atomic mass is 9.83. The van der Waals surface area contributed by atoms with Crippen LogP contribution >= 0.6 is 0 Å². The topological polar surface area (TPSA) is 55.1 Å². The molecule has 0 aromatic heterocycles. The highest BCUT2D eigenvalue weighted by atomic mass is 19.1. The van der Waals surface area contributed by atoms with Crippen LogP contribution in [0.4, 0.5) is 10.1 Å². The SMILES string of the molecule is CC1(NC(=O)c2cc(F)ccc2N)CCCCC1. The molecule has 0 atom stereocenters. The van der Waals surface area contributed by atoms with Crippen molar-refractivity contribution in [1.29, 1.82) is 0 Å². The summed E-state index contributed by atoms with van der Waals surface area (Å²) in [5.74, 6) is -0.723. The Labute approximate surface area is 107 Å². The van der Waals surface area contributed by atoms with Crippen LogP contribution in [0.2, 0.25) is 0 Å². The summed E-state index contributed by atoms with van der Waals surface area (Å²) in [7, 11) is 0. The number of carbonyl (C=O) groups excluding carboxylic acids is 1.